The van der Waals surface area contributed by atoms with E-state index < -0.39 is 5.82 Å². The lowest BCUT2D eigenvalue weighted by Gasteiger charge is -2.08. The molecule has 0 saturated heterocycles. The van der Waals surface area contributed by atoms with Crippen LogP contribution in [0.15, 0.2) is 78.9 Å². The lowest BCUT2D eigenvalue weighted by atomic mass is 9.97. The molecule has 0 heterocycles. The Bertz CT molecular complexity index is 1150. The number of fused-ring (bicyclic) bond motifs is 1. The Labute approximate surface area is 183 Å². The third-order valence-electron chi connectivity index (χ3n) is 5.69. The smallest absolute Gasteiger partial charge is 0.142 e. The Morgan fingerprint density at radius 2 is 1.23 bits per heavy atom. The van der Waals surface area contributed by atoms with Crippen molar-refractivity contribution < 1.29 is 4.39 Å². The highest BCUT2D eigenvalue weighted by Gasteiger charge is 2.05. The number of unbranched alkanes of at least 4 members (excludes halogenated alkanes) is 3. The first-order valence-electron chi connectivity index (χ1n) is 10.7. The van der Waals surface area contributed by atoms with Crippen LogP contribution in [0.4, 0.5) is 4.39 Å². The highest BCUT2D eigenvalue weighted by Crippen LogP contribution is 2.29. The van der Waals surface area contributed by atoms with Gasteiger partial charge in [-0.05, 0) is 69.6 Å². The SMILES string of the molecule is CCCCCCc1ccc2cc(-c3ccc(-c4ccc(Cl)c(F)c4)cc3)ccc2c1. The number of aryl methyl sites for hydroxylation is 1. The Morgan fingerprint density at radius 3 is 1.93 bits per heavy atom. The summed E-state index contributed by atoms with van der Waals surface area (Å²) in [7, 11) is 0. The van der Waals surface area contributed by atoms with E-state index in [0.29, 0.717) is 0 Å². The minimum absolute atomic E-state index is 0.149. The summed E-state index contributed by atoms with van der Waals surface area (Å²) in [4.78, 5) is 0. The predicted octanol–water partition coefficient (Wildman–Crippen LogP) is 9.09. The van der Waals surface area contributed by atoms with Crippen LogP contribution in [0.25, 0.3) is 33.0 Å². The lowest BCUT2D eigenvalue weighted by Crippen LogP contribution is -1.87. The monoisotopic (exact) mass is 416 g/mol. The van der Waals surface area contributed by atoms with Crippen LogP contribution < -0.4 is 0 Å². The fourth-order valence-corrected chi connectivity index (χ4v) is 4.03. The van der Waals surface area contributed by atoms with Crippen LogP contribution >= 0.6 is 11.6 Å². The van der Waals surface area contributed by atoms with Crippen molar-refractivity contribution in [3.63, 3.8) is 0 Å². The van der Waals surface area contributed by atoms with E-state index in [9.17, 15) is 4.39 Å². The second kappa shape index (κ2) is 9.45. The van der Waals surface area contributed by atoms with Crippen molar-refractivity contribution in [1.29, 1.82) is 0 Å². The molecular formula is C28H26ClF. The van der Waals surface area contributed by atoms with E-state index in [-0.39, 0.29) is 5.02 Å². The highest BCUT2D eigenvalue weighted by molar-refractivity contribution is 6.30. The predicted molar refractivity (Wildman–Crippen MR) is 128 cm³/mol. The summed E-state index contributed by atoms with van der Waals surface area (Å²) in [6.45, 7) is 2.25. The molecule has 0 aromatic heterocycles. The summed E-state index contributed by atoms with van der Waals surface area (Å²) >= 11 is 5.79. The van der Waals surface area contributed by atoms with Crippen molar-refractivity contribution in [1.82, 2.24) is 0 Å². The molecule has 0 bridgehead atoms. The maximum atomic E-state index is 13.8. The van der Waals surface area contributed by atoms with Gasteiger partial charge in [0.2, 0.25) is 0 Å². The number of hydrogen-bond acceptors (Lipinski definition) is 0. The van der Waals surface area contributed by atoms with E-state index >= 15 is 0 Å². The van der Waals surface area contributed by atoms with E-state index in [0.717, 1.165) is 23.1 Å². The molecule has 0 aliphatic heterocycles. The van der Waals surface area contributed by atoms with Crippen LogP contribution in [0.3, 0.4) is 0 Å². The molecule has 0 radical (unpaired) electrons. The van der Waals surface area contributed by atoms with Gasteiger partial charge in [0.05, 0.1) is 5.02 Å². The molecule has 4 aromatic carbocycles. The summed E-state index contributed by atoms with van der Waals surface area (Å²) in [6, 6.07) is 26.6. The van der Waals surface area contributed by atoms with Gasteiger partial charge in [-0.2, -0.15) is 0 Å². The average Bonchev–Trinajstić information content (AvgIpc) is 2.78. The van der Waals surface area contributed by atoms with Gasteiger partial charge in [-0.15, -0.1) is 0 Å². The molecule has 4 rings (SSSR count). The van der Waals surface area contributed by atoms with Gasteiger partial charge in [0, 0.05) is 0 Å². The zero-order valence-corrected chi connectivity index (χ0v) is 18.1. The molecule has 4 aromatic rings. The molecule has 0 aliphatic rings. The van der Waals surface area contributed by atoms with E-state index in [1.807, 2.05) is 18.2 Å². The molecule has 0 spiro atoms. The van der Waals surface area contributed by atoms with Crippen LogP contribution in [0.2, 0.25) is 5.02 Å². The molecule has 30 heavy (non-hydrogen) atoms. The van der Waals surface area contributed by atoms with Crippen molar-refractivity contribution in [2.45, 2.75) is 39.0 Å². The topological polar surface area (TPSA) is 0 Å². The minimum Gasteiger partial charge on any atom is -0.205 e. The molecular weight excluding hydrogens is 391 g/mol. The molecule has 0 N–H and O–H groups in total. The van der Waals surface area contributed by atoms with Crippen molar-refractivity contribution >= 4 is 22.4 Å². The Morgan fingerprint density at radius 1 is 0.633 bits per heavy atom. The van der Waals surface area contributed by atoms with E-state index in [4.69, 9.17) is 11.6 Å². The molecule has 152 valence electrons. The summed E-state index contributed by atoms with van der Waals surface area (Å²) in [5.41, 5.74) is 5.56. The van der Waals surface area contributed by atoms with Gasteiger partial charge in [-0.1, -0.05) is 98.5 Å². The Hall–Kier alpha value is -2.64. The van der Waals surface area contributed by atoms with Gasteiger partial charge in [0.1, 0.15) is 5.82 Å². The summed E-state index contributed by atoms with van der Waals surface area (Å²) in [5, 5.41) is 2.70. The maximum absolute atomic E-state index is 13.8. The fourth-order valence-electron chi connectivity index (χ4n) is 3.92. The van der Waals surface area contributed by atoms with E-state index in [1.54, 1.807) is 6.07 Å². The molecule has 0 unspecified atom stereocenters. The number of hydrogen-bond donors (Lipinski definition) is 0. The van der Waals surface area contributed by atoms with Crippen LogP contribution in [-0.2, 0) is 6.42 Å². The van der Waals surface area contributed by atoms with Crippen LogP contribution in [0, 0.1) is 5.82 Å². The maximum Gasteiger partial charge on any atom is 0.142 e. The first-order valence-corrected chi connectivity index (χ1v) is 11.1. The highest BCUT2D eigenvalue weighted by atomic mass is 35.5. The largest absolute Gasteiger partial charge is 0.205 e. The zero-order chi connectivity index (χ0) is 20.9. The molecule has 0 fully saturated rings. The van der Waals surface area contributed by atoms with Crippen molar-refractivity contribution in [3.05, 3.63) is 95.3 Å². The van der Waals surface area contributed by atoms with Gasteiger partial charge in [-0.3, -0.25) is 0 Å². The number of halogens is 2. The van der Waals surface area contributed by atoms with Crippen LogP contribution in [0.1, 0.15) is 38.2 Å². The molecule has 0 aliphatic carbocycles. The standard InChI is InChI=1S/C28H26ClF/c1-2-3-4-5-6-20-7-8-25-18-24(14-13-23(25)17-20)21-9-11-22(12-10-21)26-15-16-27(29)28(30)19-26/h7-19H,2-6H2,1H3. The van der Waals surface area contributed by atoms with Crippen LogP contribution in [-0.4, -0.2) is 0 Å². The van der Waals surface area contributed by atoms with Gasteiger partial charge in [0.25, 0.3) is 0 Å². The molecule has 0 atom stereocenters. The first kappa shape index (κ1) is 20.6. The van der Waals surface area contributed by atoms with Crippen LogP contribution in [0.5, 0.6) is 0 Å². The molecule has 0 saturated carbocycles. The van der Waals surface area contributed by atoms with Crippen molar-refractivity contribution in [2.24, 2.45) is 0 Å². The third kappa shape index (κ3) is 4.74. The second-order valence-electron chi connectivity index (χ2n) is 7.91. The van der Waals surface area contributed by atoms with Gasteiger partial charge < -0.3 is 0 Å². The first-order chi connectivity index (χ1) is 14.6. The number of rotatable bonds is 7. The zero-order valence-electron chi connectivity index (χ0n) is 17.3. The fraction of sp³-hybridized carbons (Fsp3) is 0.214. The van der Waals surface area contributed by atoms with Crippen molar-refractivity contribution in [3.8, 4) is 22.3 Å². The van der Waals surface area contributed by atoms with Gasteiger partial charge >= 0.3 is 0 Å². The van der Waals surface area contributed by atoms with Crippen molar-refractivity contribution in [2.75, 3.05) is 0 Å². The van der Waals surface area contributed by atoms with Gasteiger partial charge in [0.15, 0.2) is 0 Å². The number of benzene rings is 4. The summed E-state index contributed by atoms with van der Waals surface area (Å²) < 4.78 is 13.8. The second-order valence-corrected chi connectivity index (χ2v) is 8.32. The van der Waals surface area contributed by atoms with Gasteiger partial charge in [-0.25, -0.2) is 4.39 Å². The normalized spacial score (nSPS) is 11.2. The lowest BCUT2D eigenvalue weighted by molar-refractivity contribution is 0.629. The summed E-state index contributed by atoms with van der Waals surface area (Å²) in [5.74, 6) is -0.391. The van der Waals surface area contributed by atoms with E-state index in [1.165, 1.54) is 53.6 Å². The third-order valence-corrected chi connectivity index (χ3v) is 6.00. The molecule has 0 amide bonds. The molecule has 0 nitrogen and oxygen atoms in total. The quantitative estimate of drug-likeness (QED) is 0.263. The summed E-state index contributed by atoms with van der Waals surface area (Å²) in [6.07, 6.45) is 6.33. The molecule has 2 heteroatoms. The minimum atomic E-state index is -0.391. The van der Waals surface area contributed by atoms with E-state index in [2.05, 4.69) is 55.5 Å². The Kier molecular flexibility index (Phi) is 6.50. The average molecular weight is 417 g/mol. The Balaban J connectivity index is 1.53.